The number of amides is 1. The van der Waals surface area contributed by atoms with Gasteiger partial charge in [0.2, 0.25) is 0 Å². The molecule has 0 atom stereocenters. The number of carbonyl (C=O) groups is 1. The molecular formula is C17H19ClN4O3. The van der Waals surface area contributed by atoms with Gasteiger partial charge in [0.05, 0.1) is 4.92 Å². The van der Waals surface area contributed by atoms with Crippen molar-refractivity contribution in [1.29, 1.82) is 0 Å². The van der Waals surface area contributed by atoms with Crippen molar-refractivity contribution in [3.63, 3.8) is 0 Å². The van der Waals surface area contributed by atoms with Crippen molar-refractivity contribution in [1.82, 2.24) is 4.90 Å². The Morgan fingerprint density at radius 2 is 1.88 bits per heavy atom. The summed E-state index contributed by atoms with van der Waals surface area (Å²) in [7, 11) is 3.82. The number of benzene rings is 2. The molecule has 0 aliphatic rings. The van der Waals surface area contributed by atoms with Crippen molar-refractivity contribution >= 4 is 34.6 Å². The summed E-state index contributed by atoms with van der Waals surface area (Å²) >= 11 is 5.81. The van der Waals surface area contributed by atoms with Crippen LogP contribution in [0.5, 0.6) is 0 Å². The number of hydrogen-bond donors (Lipinski definition) is 2. The first-order valence-electron chi connectivity index (χ1n) is 7.61. The molecule has 132 valence electrons. The van der Waals surface area contributed by atoms with Crippen LogP contribution in [0.3, 0.4) is 0 Å². The van der Waals surface area contributed by atoms with Crippen LogP contribution in [0.15, 0.2) is 42.5 Å². The number of carbonyl (C=O) groups excluding carboxylic acids is 1. The zero-order valence-corrected chi connectivity index (χ0v) is 14.7. The maximum Gasteiger partial charge on any atom is 0.305 e. The topological polar surface area (TPSA) is 87.5 Å². The number of halogens is 1. The van der Waals surface area contributed by atoms with E-state index in [1.54, 1.807) is 36.4 Å². The van der Waals surface area contributed by atoms with Crippen molar-refractivity contribution < 1.29 is 9.72 Å². The Bertz CT molecular complexity index is 763. The minimum absolute atomic E-state index is 0.00481. The molecule has 0 saturated carbocycles. The summed E-state index contributed by atoms with van der Waals surface area (Å²) in [6.45, 7) is 1.23. The Morgan fingerprint density at radius 1 is 1.20 bits per heavy atom. The van der Waals surface area contributed by atoms with Gasteiger partial charge in [-0.2, -0.15) is 0 Å². The predicted octanol–water partition coefficient (Wildman–Crippen LogP) is 3.47. The van der Waals surface area contributed by atoms with Crippen molar-refractivity contribution in [2.75, 3.05) is 37.8 Å². The van der Waals surface area contributed by atoms with Crippen LogP contribution in [0, 0.1) is 10.1 Å². The number of para-hydroxylation sites is 1. The van der Waals surface area contributed by atoms with Gasteiger partial charge in [-0.05, 0) is 50.5 Å². The summed E-state index contributed by atoms with van der Waals surface area (Å²) in [5.74, 6) is -0.551. The summed E-state index contributed by atoms with van der Waals surface area (Å²) in [5, 5.41) is 17.7. The zero-order valence-electron chi connectivity index (χ0n) is 14.0. The van der Waals surface area contributed by atoms with E-state index in [-0.39, 0.29) is 11.3 Å². The van der Waals surface area contributed by atoms with E-state index in [1.807, 2.05) is 19.0 Å². The van der Waals surface area contributed by atoms with Crippen molar-refractivity contribution in [3.05, 3.63) is 63.2 Å². The molecule has 2 aromatic rings. The summed E-state index contributed by atoms with van der Waals surface area (Å²) in [5.41, 5.74) is 0.577. The van der Waals surface area contributed by atoms with Gasteiger partial charge in [-0.1, -0.05) is 17.7 Å². The highest BCUT2D eigenvalue weighted by atomic mass is 35.5. The zero-order chi connectivity index (χ0) is 18.4. The maximum absolute atomic E-state index is 12.5. The Morgan fingerprint density at radius 3 is 2.48 bits per heavy atom. The second-order valence-electron chi connectivity index (χ2n) is 5.65. The van der Waals surface area contributed by atoms with Crippen LogP contribution in [-0.4, -0.2) is 42.9 Å². The van der Waals surface area contributed by atoms with Gasteiger partial charge < -0.3 is 15.5 Å². The first-order chi connectivity index (χ1) is 11.9. The molecule has 0 aliphatic heterocycles. The fourth-order valence-electron chi connectivity index (χ4n) is 2.21. The van der Waals surface area contributed by atoms with Crippen LogP contribution in [-0.2, 0) is 0 Å². The molecular weight excluding hydrogens is 344 g/mol. The van der Waals surface area contributed by atoms with Gasteiger partial charge in [-0.3, -0.25) is 14.9 Å². The summed E-state index contributed by atoms with van der Waals surface area (Å²) in [6.07, 6.45) is 0. The number of anilines is 2. The molecule has 0 spiro atoms. The van der Waals surface area contributed by atoms with Crippen LogP contribution in [0.4, 0.5) is 17.1 Å². The molecule has 8 heteroatoms. The lowest BCUT2D eigenvalue weighted by Gasteiger charge is -2.13. The van der Waals surface area contributed by atoms with Gasteiger partial charge in [-0.25, -0.2) is 0 Å². The highest BCUT2D eigenvalue weighted by Crippen LogP contribution is 2.29. The minimum atomic E-state index is -0.551. The average molecular weight is 363 g/mol. The number of nitro benzene ring substituents is 1. The van der Waals surface area contributed by atoms with E-state index in [9.17, 15) is 14.9 Å². The van der Waals surface area contributed by atoms with Gasteiger partial charge in [-0.15, -0.1) is 0 Å². The number of rotatable bonds is 7. The molecule has 0 aromatic heterocycles. The monoisotopic (exact) mass is 362 g/mol. The Hall–Kier alpha value is -2.64. The molecule has 2 rings (SSSR count). The van der Waals surface area contributed by atoms with E-state index in [0.29, 0.717) is 29.5 Å². The lowest BCUT2D eigenvalue weighted by molar-refractivity contribution is -0.384. The normalized spacial score (nSPS) is 10.6. The van der Waals surface area contributed by atoms with Crippen molar-refractivity contribution in [2.45, 2.75) is 0 Å². The van der Waals surface area contributed by atoms with Gasteiger partial charge in [0.25, 0.3) is 5.91 Å². The van der Waals surface area contributed by atoms with E-state index in [0.717, 1.165) is 0 Å². The molecule has 0 saturated heterocycles. The number of hydrogen-bond acceptors (Lipinski definition) is 5. The van der Waals surface area contributed by atoms with Crippen LogP contribution in [0.1, 0.15) is 10.4 Å². The number of nitrogens with zero attached hydrogens (tertiary/aromatic N) is 2. The van der Waals surface area contributed by atoms with Crippen molar-refractivity contribution in [2.24, 2.45) is 0 Å². The molecule has 0 bridgehead atoms. The molecule has 0 radical (unpaired) electrons. The summed E-state index contributed by atoms with van der Waals surface area (Å²) in [4.78, 5) is 25.4. The lowest BCUT2D eigenvalue weighted by atomic mass is 10.1. The van der Waals surface area contributed by atoms with Gasteiger partial charge >= 0.3 is 5.69 Å². The molecule has 7 nitrogen and oxygen atoms in total. The second-order valence-corrected chi connectivity index (χ2v) is 6.09. The van der Waals surface area contributed by atoms with Crippen LogP contribution < -0.4 is 10.6 Å². The van der Waals surface area contributed by atoms with E-state index < -0.39 is 10.8 Å². The molecule has 2 aromatic carbocycles. The first-order valence-corrected chi connectivity index (χ1v) is 7.99. The average Bonchev–Trinajstić information content (AvgIpc) is 2.56. The highest BCUT2D eigenvalue weighted by Gasteiger charge is 2.24. The van der Waals surface area contributed by atoms with Crippen LogP contribution >= 0.6 is 11.6 Å². The van der Waals surface area contributed by atoms with E-state index >= 15 is 0 Å². The summed E-state index contributed by atoms with van der Waals surface area (Å²) < 4.78 is 0. The highest BCUT2D eigenvalue weighted by molar-refractivity contribution is 6.30. The number of likely N-dealkylation sites (N-methyl/N-ethyl adjacent to an activating group) is 1. The molecule has 0 heterocycles. The minimum Gasteiger partial charge on any atom is -0.378 e. The Balaban J connectivity index is 2.25. The SMILES string of the molecule is CN(C)CCNc1cccc(C(=O)Nc2ccc(Cl)cc2)c1[N+](=O)[O-]. The largest absolute Gasteiger partial charge is 0.378 e. The molecule has 0 unspecified atom stereocenters. The predicted molar refractivity (Wildman–Crippen MR) is 99.5 cm³/mol. The molecule has 25 heavy (non-hydrogen) atoms. The molecule has 2 N–H and O–H groups in total. The van der Waals surface area contributed by atoms with E-state index in [4.69, 9.17) is 11.6 Å². The van der Waals surface area contributed by atoms with E-state index in [2.05, 4.69) is 10.6 Å². The van der Waals surface area contributed by atoms with Crippen LogP contribution in [0.2, 0.25) is 5.02 Å². The number of nitrogens with one attached hydrogen (secondary N) is 2. The Labute approximate surface area is 150 Å². The standard InChI is InChI=1S/C17H19ClN4O3/c1-21(2)11-10-19-15-5-3-4-14(16(15)22(24)25)17(23)20-13-8-6-12(18)7-9-13/h3-9,19H,10-11H2,1-2H3,(H,20,23). The third kappa shape index (κ3) is 5.17. The lowest BCUT2D eigenvalue weighted by Crippen LogP contribution is -2.21. The Kier molecular flexibility index (Phi) is 6.32. The van der Waals surface area contributed by atoms with Gasteiger partial charge in [0.1, 0.15) is 11.3 Å². The molecule has 1 amide bonds. The van der Waals surface area contributed by atoms with Crippen molar-refractivity contribution in [3.8, 4) is 0 Å². The van der Waals surface area contributed by atoms with Gasteiger partial charge in [0, 0.05) is 23.8 Å². The third-order valence-electron chi connectivity index (χ3n) is 3.44. The maximum atomic E-state index is 12.5. The summed E-state index contributed by atoms with van der Waals surface area (Å²) in [6, 6.07) is 11.2. The van der Waals surface area contributed by atoms with Crippen LogP contribution in [0.25, 0.3) is 0 Å². The smallest absolute Gasteiger partial charge is 0.305 e. The quantitative estimate of drug-likeness (QED) is 0.581. The third-order valence-corrected chi connectivity index (χ3v) is 3.69. The van der Waals surface area contributed by atoms with E-state index in [1.165, 1.54) is 6.07 Å². The van der Waals surface area contributed by atoms with Gasteiger partial charge in [0.15, 0.2) is 0 Å². The first kappa shape index (κ1) is 18.7. The second kappa shape index (κ2) is 8.46. The number of nitro groups is 1. The fraction of sp³-hybridized carbons (Fsp3) is 0.235. The molecule has 0 fully saturated rings. The fourth-order valence-corrected chi connectivity index (χ4v) is 2.34. The molecule has 0 aliphatic carbocycles.